The van der Waals surface area contributed by atoms with Gasteiger partial charge in [0.2, 0.25) is 0 Å². The first kappa shape index (κ1) is 17.7. The number of carbonyl (C=O) groups excluding carboxylic acids is 1. The van der Waals surface area contributed by atoms with Gasteiger partial charge in [-0.05, 0) is 32.8 Å². The van der Waals surface area contributed by atoms with Crippen LogP contribution in [0.1, 0.15) is 55.9 Å². The lowest BCUT2D eigenvalue weighted by molar-refractivity contribution is -0.187. The normalized spacial score (nSPS) is 21.7. The van der Waals surface area contributed by atoms with Crippen LogP contribution in [0.5, 0.6) is 0 Å². The second kappa shape index (κ2) is 6.65. The highest BCUT2D eigenvalue weighted by molar-refractivity contribution is 5.97. The topological polar surface area (TPSA) is 59.8 Å². The lowest BCUT2D eigenvalue weighted by Crippen LogP contribution is -2.47. The first-order valence-electron chi connectivity index (χ1n) is 8.48. The molecule has 0 saturated heterocycles. The van der Waals surface area contributed by atoms with Crippen LogP contribution in [0.25, 0.3) is 11.0 Å². The highest BCUT2D eigenvalue weighted by Crippen LogP contribution is 2.37. The van der Waals surface area contributed by atoms with Crippen molar-refractivity contribution in [1.29, 1.82) is 0 Å². The SMILES string of the molecule is CC(C)n1ncc2cc(C(=O)N[C@H]3CCCC[C@H]3C(F)(F)F)cnc21. The van der Waals surface area contributed by atoms with Crippen LogP contribution >= 0.6 is 0 Å². The molecular weight excluding hydrogens is 333 g/mol. The molecule has 0 aliphatic heterocycles. The number of rotatable bonds is 3. The summed E-state index contributed by atoms with van der Waals surface area (Å²) in [5, 5.41) is 7.48. The number of carbonyl (C=O) groups is 1. The molecule has 0 unspecified atom stereocenters. The van der Waals surface area contributed by atoms with Gasteiger partial charge < -0.3 is 5.32 Å². The standard InChI is InChI=1S/C17H21F3N4O/c1-10(2)24-15-11(9-22-24)7-12(8-21-15)16(25)23-14-6-4-3-5-13(14)17(18,19)20/h7-10,13-14H,3-6H2,1-2H3,(H,23,25)/t13-,14+/m1/s1. The molecule has 2 atom stereocenters. The molecule has 25 heavy (non-hydrogen) atoms. The Bertz CT molecular complexity index is 769. The lowest BCUT2D eigenvalue weighted by atomic mass is 9.84. The molecule has 1 amide bonds. The van der Waals surface area contributed by atoms with Crippen LogP contribution in [-0.2, 0) is 0 Å². The van der Waals surface area contributed by atoms with Crippen LogP contribution in [0.3, 0.4) is 0 Å². The molecule has 2 aromatic rings. The first-order valence-corrected chi connectivity index (χ1v) is 8.48. The van der Waals surface area contributed by atoms with E-state index < -0.39 is 24.0 Å². The maximum atomic E-state index is 13.2. The fourth-order valence-electron chi connectivity index (χ4n) is 3.39. The van der Waals surface area contributed by atoms with Crippen LogP contribution in [-0.4, -0.2) is 32.9 Å². The minimum absolute atomic E-state index is 0.0624. The Kier molecular flexibility index (Phi) is 4.71. The third kappa shape index (κ3) is 3.62. The number of hydrogen-bond donors (Lipinski definition) is 1. The molecule has 1 aliphatic carbocycles. The molecule has 1 saturated carbocycles. The summed E-state index contributed by atoms with van der Waals surface area (Å²) in [6.07, 6.45) is 0.346. The molecule has 0 aromatic carbocycles. The minimum Gasteiger partial charge on any atom is -0.349 e. The Balaban J connectivity index is 1.79. The molecular formula is C17H21F3N4O. The third-order valence-corrected chi connectivity index (χ3v) is 4.69. The molecule has 1 fully saturated rings. The number of nitrogens with zero attached hydrogens (tertiary/aromatic N) is 3. The average Bonchev–Trinajstić information content (AvgIpc) is 2.97. The van der Waals surface area contributed by atoms with E-state index >= 15 is 0 Å². The van der Waals surface area contributed by atoms with E-state index in [1.165, 1.54) is 6.20 Å². The molecule has 0 radical (unpaired) electrons. The summed E-state index contributed by atoms with van der Waals surface area (Å²) in [7, 11) is 0. The Hall–Kier alpha value is -2.12. The van der Waals surface area contributed by atoms with Gasteiger partial charge in [-0.25, -0.2) is 9.67 Å². The number of alkyl halides is 3. The van der Waals surface area contributed by atoms with Gasteiger partial charge in [0.05, 0.1) is 17.7 Å². The van der Waals surface area contributed by atoms with Crippen molar-refractivity contribution in [1.82, 2.24) is 20.1 Å². The van der Waals surface area contributed by atoms with Crippen molar-refractivity contribution in [2.75, 3.05) is 0 Å². The molecule has 0 bridgehead atoms. The van der Waals surface area contributed by atoms with Gasteiger partial charge in [-0.15, -0.1) is 0 Å². The van der Waals surface area contributed by atoms with Crippen LogP contribution in [0, 0.1) is 5.92 Å². The maximum absolute atomic E-state index is 13.2. The number of halogens is 3. The fraction of sp³-hybridized carbons (Fsp3) is 0.588. The quantitative estimate of drug-likeness (QED) is 0.910. The van der Waals surface area contributed by atoms with Gasteiger partial charge in [0.1, 0.15) is 0 Å². The number of fused-ring (bicyclic) bond motifs is 1. The first-order chi connectivity index (χ1) is 11.8. The van der Waals surface area contributed by atoms with E-state index in [0.29, 0.717) is 30.3 Å². The van der Waals surface area contributed by atoms with Crippen LogP contribution in [0.15, 0.2) is 18.5 Å². The van der Waals surface area contributed by atoms with Crippen molar-refractivity contribution in [3.05, 3.63) is 24.0 Å². The maximum Gasteiger partial charge on any atom is 0.393 e. The summed E-state index contributed by atoms with van der Waals surface area (Å²) in [5.74, 6) is -2.00. The largest absolute Gasteiger partial charge is 0.393 e. The molecule has 1 N–H and O–H groups in total. The van der Waals surface area contributed by atoms with Crippen LogP contribution in [0.4, 0.5) is 13.2 Å². The molecule has 0 spiro atoms. The van der Waals surface area contributed by atoms with E-state index in [2.05, 4.69) is 15.4 Å². The summed E-state index contributed by atoms with van der Waals surface area (Å²) in [4.78, 5) is 16.7. The zero-order chi connectivity index (χ0) is 18.2. The van der Waals surface area contributed by atoms with Gasteiger partial charge in [0, 0.05) is 23.7 Å². The highest BCUT2D eigenvalue weighted by Gasteiger charge is 2.46. The van der Waals surface area contributed by atoms with Gasteiger partial charge in [0.15, 0.2) is 5.65 Å². The van der Waals surface area contributed by atoms with E-state index in [-0.39, 0.29) is 18.0 Å². The molecule has 2 heterocycles. The second-order valence-corrected chi connectivity index (χ2v) is 6.83. The zero-order valence-electron chi connectivity index (χ0n) is 14.2. The summed E-state index contributed by atoms with van der Waals surface area (Å²) in [5.41, 5.74) is 0.902. The molecule has 8 heteroatoms. The zero-order valence-corrected chi connectivity index (χ0v) is 14.2. The Morgan fingerprint density at radius 1 is 1.28 bits per heavy atom. The van der Waals surface area contributed by atoms with Crippen molar-refractivity contribution < 1.29 is 18.0 Å². The van der Waals surface area contributed by atoms with Gasteiger partial charge in [-0.2, -0.15) is 18.3 Å². The van der Waals surface area contributed by atoms with E-state index in [0.717, 1.165) is 0 Å². The molecule has 3 rings (SSSR count). The van der Waals surface area contributed by atoms with Crippen molar-refractivity contribution in [3.63, 3.8) is 0 Å². The van der Waals surface area contributed by atoms with Crippen molar-refractivity contribution in [2.45, 2.75) is 57.8 Å². The molecule has 1 aliphatic rings. The number of pyridine rings is 1. The summed E-state index contributed by atoms with van der Waals surface area (Å²) >= 11 is 0. The monoisotopic (exact) mass is 354 g/mol. The van der Waals surface area contributed by atoms with E-state index in [9.17, 15) is 18.0 Å². The van der Waals surface area contributed by atoms with Gasteiger partial charge in [-0.1, -0.05) is 12.8 Å². The summed E-state index contributed by atoms with van der Waals surface area (Å²) in [6.45, 7) is 3.93. The minimum atomic E-state index is -4.29. The fourth-order valence-corrected chi connectivity index (χ4v) is 3.39. The lowest BCUT2D eigenvalue weighted by Gasteiger charge is -2.33. The number of nitrogens with one attached hydrogen (secondary N) is 1. The highest BCUT2D eigenvalue weighted by atomic mass is 19.4. The smallest absolute Gasteiger partial charge is 0.349 e. The van der Waals surface area contributed by atoms with Crippen LogP contribution in [0.2, 0.25) is 0 Å². The van der Waals surface area contributed by atoms with Crippen molar-refractivity contribution >= 4 is 16.9 Å². The second-order valence-electron chi connectivity index (χ2n) is 6.83. The van der Waals surface area contributed by atoms with E-state index in [1.807, 2.05) is 13.8 Å². The van der Waals surface area contributed by atoms with Crippen molar-refractivity contribution in [3.8, 4) is 0 Å². The molecule has 136 valence electrons. The Labute approximate surface area is 143 Å². The van der Waals surface area contributed by atoms with E-state index in [4.69, 9.17) is 0 Å². The van der Waals surface area contributed by atoms with Gasteiger partial charge in [0.25, 0.3) is 5.91 Å². The third-order valence-electron chi connectivity index (χ3n) is 4.69. The predicted octanol–water partition coefficient (Wildman–Crippen LogP) is 3.86. The van der Waals surface area contributed by atoms with Gasteiger partial charge >= 0.3 is 6.18 Å². The summed E-state index contributed by atoms with van der Waals surface area (Å²) < 4.78 is 41.2. The number of amides is 1. The van der Waals surface area contributed by atoms with Gasteiger partial charge in [-0.3, -0.25) is 4.79 Å². The van der Waals surface area contributed by atoms with E-state index in [1.54, 1.807) is 16.9 Å². The summed E-state index contributed by atoms with van der Waals surface area (Å²) in [6, 6.07) is 0.865. The molecule has 5 nitrogen and oxygen atoms in total. The number of hydrogen-bond acceptors (Lipinski definition) is 3. The Morgan fingerprint density at radius 2 is 2.00 bits per heavy atom. The van der Waals surface area contributed by atoms with Crippen molar-refractivity contribution in [2.24, 2.45) is 5.92 Å². The predicted molar refractivity (Wildman–Crippen MR) is 87.2 cm³/mol. The average molecular weight is 354 g/mol. The number of aromatic nitrogens is 3. The molecule has 2 aromatic heterocycles. The van der Waals surface area contributed by atoms with Crippen LogP contribution < -0.4 is 5.32 Å². The Morgan fingerprint density at radius 3 is 2.68 bits per heavy atom.